The van der Waals surface area contributed by atoms with Crippen LogP contribution in [0.3, 0.4) is 0 Å². The topological polar surface area (TPSA) is 34.1 Å². The molecule has 2 aromatic carbocycles. The smallest absolute Gasteiger partial charge is 0.170 e. The van der Waals surface area contributed by atoms with Gasteiger partial charge in [-0.15, -0.1) is 0 Å². The van der Waals surface area contributed by atoms with E-state index in [2.05, 4.69) is 0 Å². The number of rotatable bonds is 4. The second kappa shape index (κ2) is 5.49. The van der Waals surface area contributed by atoms with Gasteiger partial charge in [0.25, 0.3) is 0 Å². The number of Topliss-reactive ketones (excluding diaryl/α,β-unsaturated/α-hetero) is 2. The van der Waals surface area contributed by atoms with Crippen LogP contribution in [-0.2, 0) is 4.79 Å². The monoisotopic (exact) mass is 276 g/mol. The van der Waals surface area contributed by atoms with Crippen molar-refractivity contribution < 1.29 is 18.4 Å². The molecule has 0 spiro atoms. The molecule has 104 valence electrons. The highest BCUT2D eigenvalue weighted by Gasteiger charge is 2.18. The first kappa shape index (κ1) is 14.3. The van der Waals surface area contributed by atoms with Gasteiger partial charge in [0.05, 0.1) is 6.42 Å². The highest BCUT2D eigenvalue weighted by atomic mass is 19.1. The van der Waals surface area contributed by atoms with Gasteiger partial charge >= 0.3 is 0 Å². The number of benzene rings is 2. The molecule has 2 nitrogen and oxygen atoms in total. The van der Waals surface area contributed by atoms with E-state index in [-0.39, 0.29) is 34.5 Å². The quantitative estimate of drug-likeness (QED) is 0.626. The van der Waals surface area contributed by atoms with Crippen molar-refractivity contribution >= 4 is 22.3 Å². The van der Waals surface area contributed by atoms with Crippen LogP contribution >= 0.6 is 0 Å². The van der Waals surface area contributed by atoms with Crippen molar-refractivity contribution in [2.45, 2.75) is 20.3 Å². The molecule has 0 aliphatic rings. The summed E-state index contributed by atoms with van der Waals surface area (Å²) < 4.78 is 27.0. The molecule has 0 saturated heterocycles. The molecule has 0 aliphatic heterocycles. The molecule has 4 heteroatoms. The average molecular weight is 276 g/mol. The Hall–Kier alpha value is -2.10. The molecule has 0 aliphatic carbocycles. The fourth-order valence-corrected chi connectivity index (χ4v) is 1.98. The summed E-state index contributed by atoms with van der Waals surface area (Å²) in [7, 11) is 0. The largest absolute Gasteiger partial charge is 0.299 e. The average Bonchev–Trinajstić information content (AvgIpc) is 2.38. The Balaban J connectivity index is 2.49. The van der Waals surface area contributed by atoms with Crippen molar-refractivity contribution in [2.75, 3.05) is 0 Å². The number of halogens is 2. The zero-order chi connectivity index (χ0) is 14.9. The van der Waals surface area contributed by atoms with Crippen molar-refractivity contribution in [1.82, 2.24) is 0 Å². The van der Waals surface area contributed by atoms with Crippen LogP contribution in [0.25, 0.3) is 10.8 Å². The summed E-state index contributed by atoms with van der Waals surface area (Å²) in [4.78, 5) is 23.8. The molecule has 2 rings (SSSR count). The highest BCUT2D eigenvalue weighted by molar-refractivity contribution is 6.14. The van der Waals surface area contributed by atoms with Crippen LogP contribution in [0.2, 0.25) is 0 Å². The van der Waals surface area contributed by atoms with Crippen LogP contribution in [0, 0.1) is 17.6 Å². The van der Waals surface area contributed by atoms with E-state index in [0.29, 0.717) is 0 Å². The molecule has 0 bridgehead atoms. The summed E-state index contributed by atoms with van der Waals surface area (Å²) in [5.41, 5.74) is 0.176. The molecule has 0 aromatic heterocycles. The number of carbonyl (C=O) groups excluding carboxylic acids is 2. The Labute approximate surface area is 115 Å². The van der Waals surface area contributed by atoms with Crippen LogP contribution in [0.1, 0.15) is 30.6 Å². The molecule has 0 heterocycles. The van der Waals surface area contributed by atoms with Gasteiger partial charge in [0.2, 0.25) is 0 Å². The van der Waals surface area contributed by atoms with Gasteiger partial charge in [-0.1, -0.05) is 13.8 Å². The maximum atomic E-state index is 13.7. The summed E-state index contributed by atoms with van der Waals surface area (Å²) in [5.74, 6) is -1.93. The third kappa shape index (κ3) is 2.74. The standard InChI is InChI=1S/C16H14F2O2/c1-9(2)15(19)8-16(20)12-5-6-14(18)11-4-3-10(17)7-13(11)12/h3-7,9H,8H2,1-2H3. The summed E-state index contributed by atoms with van der Waals surface area (Å²) >= 11 is 0. The van der Waals surface area contributed by atoms with Crippen LogP contribution in [0.15, 0.2) is 30.3 Å². The number of ketones is 2. The minimum Gasteiger partial charge on any atom is -0.299 e. The highest BCUT2D eigenvalue weighted by Crippen LogP contribution is 2.24. The van der Waals surface area contributed by atoms with E-state index in [1.54, 1.807) is 13.8 Å². The molecule has 0 saturated carbocycles. The number of hydrogen-bond donors (Lipinski definition) is 0. The molecular formula is C16H14F2O2. The molecule has 0 radical (unpaired) electrons. The van der Waals surface area contributed by atoms with Gasteiger partial charge < -0.3 is 0 Å². The van der Waals surface area contributed by atoms with E-state index in [0.717, 1.165) is 18.2 Å². The second-order valence-electron chi connectivity index (χ2n) is 5.01. The molecule has 0 fully saturated rings. The number of hydrogen-bond acceptors (Lipinski definition) is 2. The Kier molecular flexibility index (Phi) is 3.93. The molecule has 0 unspecified atom stereocenters. The van der Waals surface area contributed by atoms with Gasteiger partial charge in [-0.3, -0.25) is 9.59 Å². The zero-order valence-corrected chi connectivity index (χ0v) is 11.2. The van der Waals surface area contributed by atoms with Crippen molar-refractivity contribution in [3.8, 4) is 0 Å². The summed E-state index contributed by atoms with van der Waals surface area (Å²) in [6.45, 7) is 3.41. The Bertz CT molecular complexity index is 690. The van der Waals surface area contributed by atoms with Crippen molar-refractivity contribution in [3.63, 3.8) is 0 Å². The Morgan fingerprint density at radius 3 is 2.40 bits per heavy atom. The lowest BCUT2D eigenvalue weighted by Gasteiger charge is -2.08. The van der Waals surface area contributed by atoms with E-state index in [1.807, 2.05) is 0 Å². The molecule has 0 atom stereocenters. The predicted molar refractivity (Wildman–Crippen MR) is 72.7 cm³/mol. The predicted octanol–water partition coefficient (Wildman–Crippen LogP) is 3.92. The fraction of sp³-hybridized carbons (Fsp3) is 0.250. The van der Waals surface area contributed by atoms with Gasteiger partial charge in [-0.05, 0) is 35.7 Å². The van der Waals surface area contributed by atoms with Gasteiger partial charge in [0.15, 0.2) is 5.78 Å². The first-order chi connectivity index (χ1) is 9.40. The van der Waals surface area contributed by atoms with Crippen molar-refractivity contribution in [1.29, 1.82) is 0 Å². The lowest BCUT2D eigenvalue weighted by molar-refractivity contribution is -0.121. The third-order valence-corrected chi connectivity index (χ3v) is 3.20. The van der Waals surface area contributed by atoms with E-state index >= 15 is 0 Å². The maximum absolute atomic E-state index is 13.7. The van der Waals surface area contributed by atoms with Crippen molar-refractivity contribution in [3.05, 3.63) is 47.5 Å². The lowest BCUT2D eigenvalue weighted by atomic mass is 9.95. The second-order valence-corrected chi connectivity index (χ2v) is 5.01. The van der Waals surface area contributed by atoms with E-state index in [1.165, 1.54) is 12.1 Å². The minimum atomic E-state index is -0.549. The molecule has 0 N–H and O–H groups in total. The van der Waals surface area contributed by atoms with Crippen LogP contribution < -0.4 is 0 Å². The Morgan fingerprint density at radius 1 is 1.05 bits per heavy atom. The van der Waals surface area contributed by atoms with Gasteiger partial charge in [-0.2, -0.15) is 0 Å². The summed E-state index contributed by atoms with van der Waals surface area (Å²) in [5, 5.41) is 0.376. The minimum absolute atomic E-state index is 0.175. The summed E-state index contributed by atoms with van der Waals surface area (Å²) in [6, 6.07) is 6.01. The zero-order valence-electron chi connectivity index (χ0n) is 11.2. The SMILES string of the molecule is CC(C)C(=O)CC(=O)c1ccc(F)c2ccc(F)cc12. The number of carbonyl (C=O) groups is 2. The van der Waals surface area contributed by atoms with Crippen LogP contribution in [0.4, 0.5) is 8.78 Å². The number of fused-ring (bicyclic) bond motifs is 1. The third-order valence-electron chi connectivity index (χ3n) is 3.20. The molecule has 2 aromatic rings. The fourth-order valence-electron chi connectivity index (χ4n) is 1.98. The molecular weight excluding hydrogens is 262 g/mol. The van der Waals surface area contributed by atoms with Gasteiger partial charge in [0.1, 0.15) is 17.4 Å². The first-order valence-electron chi connectivity index (χ1n) is 6.34. The Morgan fingerprint density at radius 2 is 1.75 bits per heavy atom. The van der Waals surface area contributed by atoms with E-state index in [4.69, 9.17) is 0 Å². The first-order valence-corrected chi connectivity index (χ1v) is 6.34. The van der Waals surface area contributed by atoms with E-state index < -0.39 is 17.4 Å². The lowest BCUT2D eigenvalue weighted by Crippen LogP contribution is -2.13. The van der Waals surface area contributed by atoms with Gasteiger partial charge in [-0.25, -0.2) is 8.78 Å². The van der Waals surface area contributed by atoms with Crippen LogP contribution in [0.5, 0.6) is 0 Å². The maximum Gasteiger partial charge on any atom is 0.170 e. The molecule has 0 amide bonds. The summed E-state index contributed by atoms with van der Waals surface area (Å²) in [6.07, 6.45) is -0.255. The van der Waals surface area contributed by atoms with Crippen molar-refractivity contribution in [2.24, 2.45) is 5.92 Å². The van der Waals surface area contributed by atoms with Gasteiger partial charge in [0, 0.05) is 16.9 Å². The van der Waals surface area contributed by atoms with Crippen LogP contribution in [-0.4, -0.2) is 11.6 Å². The van der Waals surface area contributed by atoms with E-state index in [9.17, 15) is 18.4 Å². The molecule has 20 heavy (non-hydrogen) atoms. The normalized spacial score (nSPS) is 11.1.